The highest BCUT2D eigenvalue weighted by molar-refractivity contribution is 4.62. The van der Waals surface area contributed by atoms with Crippen molar-refractivity contribution < 1.29 is 0 Å². The number of aromatic nitrogens is 3. The molecule has 0 aliphatic heterocycles. The minimum absolute atomic E-state index is 0.257. The van der Waals surface area contributed by atoms with Crippen LogP contribution in [0.2, 0.25) is 0 Å². The van der Waals surface area contributed by atoms with Gasteiger partial charge in [-0.3, -0.25) is 4.98 Å². The molecule has 1 aromatic rings. The van der Waals surface area contributed by atoms with Crippen molar-refractivity contribution in [3.63, 3.8) is 0 Å². The monoisotopic (exact) mass is 114 g/mol. The molecule has 0 unspecified atom stereocenters. The van der Waals surface area contributed by atoms with Crippen molar-refractivity contribution in [3.8, 4) is 0 Å². The van der Waals surface area contributed by atoms with E-state index in [0.717, 1.165) is 4.79 Å². The maximum atomic E-state index is 10.4. The first kappa shape index (κ1) is 4.89. The first-order chi connectivity index (χ1) is 3.84. The summed E-state index contributed by atoms with van der Waals surface area (Å²) < 4.78 is 0. The highest BCUT2D eigenvalue weighted by Gasteiger charge is 1.87. The second-order valence-corrected chi connectivity index (χ2v) is 1.23. The van der Waals surface area contributed by atoms with E-state index in [4.69, 9.17) is 0 Å². The van der Waals surface area contributed by atoms with E-state index in [2.05, 4.69) is 15.5 Å². The molecule has 5 heteroatoms. The molecule has 0 saturated heterocycles. The van der Waals surface area contributed by atoms with Crippen LogP contribution in [0.5, 0.6) is 0 Å². The van der Waals surface area contributed by atoms with Gasteiger partial charge in [0, 0.05) is 7.05 Å². The third kappa shape index (κ3) is 0.575. The first-order valence-electron chi connectivity index (χ1n) is 2.15. The molecule has 0 fully saturated rings. The van der Waals surface area contributed by atoms with Crippen molar-refractivity contribution in [1.82, 2.24) is 14.9 Å². The van der Waals surface area contributed by atoms with Crippen molar-refractivity contribution in [1.29, 1.82) is 0 Å². The van der Waals surface area contributed by atoms with Gasteiger partial charge in [0.15, 0.2) is 0 Å². The van der Waals surface area contributed by atoms with E-state index in [0.29, 0.717) is 0 Å². The molecule has 0 aromatic carbocycles. The lowest BCUT2D eigenvalue weighted by Crippen LogP contribution is -2.24. The van der Waals surface area contributed by atoms with Crippen LogP contribution in [0.1, 0.15) is 0 Å². The van der Waals surface area contributed by atoms with Gasteiger partial charge >= 0.3 is 5.69 Å². The zero-order valence-electron chi connectivity index (χ0n) is 4.38. The van der Waals surface area contributed by atoms with Gasteiger partial charge in [0.05, 0.1) is 0 Å². The molecule has 0 radical (unpaired) electrons. The van der Waals surface area contributed by atoms with E-state index in [1.807, 2.05) is 0 Å². The summed E-state index contributed by atoms with van der Waals surface area (Å²) in [4.78, 5) is 13.9. The fourth-order valence-electron chi connectivity index (χ4n) is 0.415. The number of hydrogen-bond donors (Lipinski definition) is 2. The second kappa shape index (κ2) is 1.69. The number of nitrogens with one attached hydrogen (secondary N) is 2. The second-order valence-electron chi connectivity index (χ2n) is 1.23. The molecule has 0 saturated carbocycles. The van der Waals surface area contributed by atoms with E-state index in [1.54, 1.807) is 7.05 Å². The van der Waals surface area contributed by atoms with Gasteiger partial charge in [0.2, 0.25) is 0 Å². The number of nitrogens with zero attached hydrogens (tertiary/aromatic N) is 2. The van der Waals surface area contributed by atoms with Crippen LogP contribution in [0.4, 0.5) is 0 Å². The van der Waals surface area contributed by atoms with Gasteiger partial charge in [-0.15, -0.1) is 9.89 Å². The maximum absolute atomic E-state index is 10.4. The highest BCUT2D eigenvalue weighted by atomic mass is 16.2. The number of aromatic amines is 1. The highest BCUT2D eigenvalue weighted by Crippen LogP contribution is 1.56. The molecule has 44 valence electrons. The summed E-state index contributed by atoms with van der Waals surface area (Å²) in [6.07, 6.45) is 1.32. The zero-order valence-corrected chi connectivity index (χ0v) is 4.38. The molecule has 1 aromatic heterocycles. The van der Waals surface area contributed by atoms with Crippen molar-refractivity contribution in [2.45, 2.75) is 0 Å². The van der Waals surface area contributed by atoms with Crippen LogP contribution in [-0.2, 0) is 0 Å². The van der Waals surface area contributed by atoms with Crippen LogP contribution in [0.3, 0.4) is 0 Å². The Bertz CT molecular complexity index is 211. The average Bonchev–Trinajstić information content (AvgIpc) is 2.14. The predicted octanol–water partition coefficient (Wildman–Crippen LogP) is -1.26. The Kier molecular flexibility index (Phi) is 1.03. The van der Waals surface area contributed by atoms with Gasteiger partial charge in [-0.25, -0.2) is 4.79 Å². The van der Waals surface area contributed by atoms with Crippen LogP contribution in [0.25, 0.3) is 0 Å². The predicted molar refractivity (Wildman–Crippen MR) is 28.1 cm³/mol. The quantitative estimate of drug-likeness (QED) is 0.479. The third-order valence-corrected chi connectivity index (χ3v) is 0.765. The van der Waals surface area contributed by atoms with Crippen molar-refractivity contribution >= 4 is 0 Å². The summed E-state index contributed by atoms with van der Waals surface area (Å²) in [7, 11) is 1.61. The van der Waals surface area contributed by atoms with Gasteiger partial charge in [-0.1, -0.05) is 0 Å². The van der Waals surface area contributed by atoms with Crippen molar-refractivity contribution in [2.24, 2.45) is 0 Å². The molecule has 0 amide bonds. The fourth-order valence-corrected chi connectivity index (χ4v) is 0.415. The average molecular weight is 114 g/mol. The van der Waals surface area contributed by atoms with Crippen LogP contribution >= 0.6 is 0 Å². The van der Waals surface area contributed by atoms with E-state index in [9.17, 15) is 4.79 Å². The lowest BCUT2D eigenvalue weighted by Gasteiger charge is -1.89. The first-order valence-corrected chi connectivity index (χ1v) is 2.15. The molecule has 0 aliphatic rings. The fraction of sp³-hybridized carbons (Fsp3) is 0.333. The van der Waals surface area contributed by atoms with Gasteiger partial charge in [0.25, 0.3) is 0 Å². The smallest absolute Gasteiger partial charge is 0.308 e. The van der Waals surface area contributed by atoms with Crippen LogP contribution in [-0.4, -0.2) is 21.9 Å². The van der Waals surface area contributed by atoms with E-state index >= 15 is 0 Å². The molecule has 0 spiro atoms. The Morgan fingerprint density at radius 1 is 2.00 bits per heavy atom. The summed E-state index contributed by atoms with van der Waals surface area (Å²) >= 11 is 0. The Morgan fingerprint density at radius 2 is 2.75 bits per heavy atom. The molecular formula is C3H6N4O. The standard InChI is InChI=1S/C3H6N4O/c1-4-7-3(8)5-2-6-7/h2,4H,1H3,(H,5,6,8). The number of rotatable bonds is 1. The van der Waals surface area contributed by atoms with Gasteiger partial charge in [-0.2, -0.15) is 0 Å². The lowest BCUT2D eigenvalue weighted by atomic mass is 11.2. The normalized spacial score (nSPS) is 9.12. The topological polar surface area (TPSA) is 62.7 Å². The largest absolute Gasteiger partial charge is 0.362 e. The molecule has 0 aliphatic carbocycles. The minimum atomic E-state index is -0.257. The Hall–Kier alpha value is -1.26. The van der Waals surface area contributed by atoms with Crippen LogP contribution in [0, 0.1) is 0 Å². The molecule has 0 atom stereocenters. The summed E-state index contributed by atoms with van der Waals surface area (Å²) in [5.74, 6) is 0. The maximum Gasteiger partial charge on any atom is 0.362 e. The summed E-state index contributed by atoms with van der Waals surface area (Å²) in [5, 5.41) is 3.57. The SMILES string of the molecule is CNn1nc[nH]c1=O. The Labute approximate surface area is 45.3 Å². The molecule has 2 N–H and O–H groups in total. The van der Waals surface area contributed by atoms with Gasteiger partial charge in [0.1, 0.15) is 6.33 Å². The minimum Gasteiger partial charge on any atom is -0.308 e. The van der Waals surface area contributed by atoms with Gasteiger partial charge < -0.3 is 5.43 Å². The number of hydrogen-bond acceptors (Lipinski definition) is 3. The zero-order chi connectivity index (χ0) is 5.98. The van der Waals surface area contributed by atoms with Crippen molar-refractivity contribution in [2.75, 3.05) is 12.5 Å². The van der Waals surface area contributed by atoms with Gasteiger partial charge in [-0.05, 0) is 0 Å². The molecule has 0 bridgehead atoms. The summed E-state index contributed by atoms with van der Waals surface area (Å²) in [5.41, 5.74) is 2.28. The number of H-pyrrole nitrogens is 1. The molecule has 1 rings (SSSR count). The van der Waals surface area contributed by atoms with E-state index in [-0.39, 0.29) is 5.69 Å². The lowest BCUT2D eigenvalue weighted by molar-refractivity contribution is 0.749. The van der Waals surface area contributed by atoms with E-state index in [1.165, 1.54) is 6.33 Å². The molecule has 8 heavy (non-hydrogen) atoms. The van der Waals surface area contributed by atoms with Crippen molar-refractivity contribution in [3.05, 3.63) is 16.8 Å². The van der Waals surface area contributed by atoms with Crippen LogP contribution in [0.15, 0.2) is 11.1 Å². The third-order valence-electron chi connectivity index (χ3n) is 0.765. The molecule has 5 nitrogen and oxygen atoms in total. The van der Waals surface area contributed by atoms with Crippen LogP contribution < -0.4 is 11.1 Å². The Morgan fingerprint density at radius 3 is 3.00 bits per heavy atom. The Balaban J connectivity index is 3.11. The summed E-state index contributed by atoms with van der Waals surface area (Å²) in [6, 6.07) is 0. The molecular weight excluding hydrogens is 108 g/mol. The molecule has 1 heterocycles. The summed E-state index contributed by atoms with van der Waals surface area (Å²) in [6.45, 7) is 0. The van der Waals surface area contributed by atoms with E-state index < -0.39 is 0 Å².